The molecule has 21 heavy (non-hydrogen) atoms. The van der Waals surface area contributed by atoms with E-state index in [4.69, 9.17) is 19.9 Å². The van der Waals surface area contributed by atoms with Gasteiger partial charge in [-0.15, -0.1) is 0 Å². The van der Waals surface area contributed by atoms with E-state index in [2.05, 4.69) is 20.2 Å². The van der Waals surface area contributed by atoms with Crippen LogP contribution in [0, 0.1) is 0 Å². The lowest BCUT2D eigenvalue weighted by Crippen LogP contribution is -2.37. The van der Waals surface area contributed by atoms with Gasteiger partial charge in [-0.1, -0.05) is 0 Å². The van der Waals surface area contributed by atoms with Crippen molar-refractivity contribution < 1.29 is 14.2 Å². The normalized spacial score (nSPS) is 15.7. The minimum absolute atomic E-state index is 0.305. The average molecular weight is 297 g/mol. The molecule has 1 aromatic heterocycles. The van der Waals surface area contributed by atoms with E-state index >= 15 is 0 Å². The van der Waals surface area contributed by atoms with Crippen LogP contribution in [-0.4, -0.2) is 68.5 Å². The third-order valence-corrected chi connectivity index (χ3v) is 3.30. The highest BCUT2D eigenvalue weighted by atomic mass is 16.5. The Morgan fingerprint density at radius 2 is 1.81 bits per heavy atom. The number of nitrogen functional groups attached to an aromatic ring is 1. The Hall–Kier alpha value is -1.80. The smallest absolute Gasteiger partial charge is 0.245 e. The molecule has 0 unspecified atom stereocenters. The van der Waals surface area contributed by atoms with E-state index in [-0.39, 0.29) is 0 Å². The van der Waals surface area contributed by atoms with Crippen LogP contribution < -0.4 is 20.5 Å². The third kappa shape index (κ3) is 4.33. The number of nitrogens with zero attached hydrogens (tertiary/aromatic N) is 3. The van der Waals surface area contributed by atoms with Crippen LogP contribution in [-0.2, 0) is 4.74 Å². The van der Waals surface area contributed by atoms with Crippen LogP contribution in [0.15, 0.2) is 0 Å². The van der Waals surface area contributed by atoms with E-state index < -0.39 is 0 Å². The minimum Gasteiger partial charge on any atom is -0.479 e. The third-order valence-electron chi connectivity index (χ3n) is 3.30. The number of nitrogens with two attached hydrogens (primary N) is 1. The monoisotopic (exact) mass is 297 g/mol. The zero-order valence-electron chi connectivity index (χ0n) is 12.6. The van der Waals surface area contributed by atoms with Crippen molar-refractivity contribution in [1.82, 2.24) is 14.9 Å². The fourth-order valence-electron chi connectivity index (χ4n) is 2.15. The van der Waals surface area contributed by atoms with Gasteiger partial charge < -0.3 is 25.3 Å². The first-order valence-corrected chi connectivity index (χ1v) is 7.04. The lowest BCUT2D eigenvalue weighted by atomic mass is 10.3. The molecule has 0 spiro atoms. The lowest BCUT2D eigenvalue weighted by Gasteiger charge is -2.26. The molecule has 0 bridgehead atoms. The molecule has 2 rings (SSSR count). The fraction of sp³-hybridized carbons (Fsp3) is 0.692. The summed E-state index contributed by atoms with van der Waals surface area (Å²) >= 11 is 0. The summed E-state index contributed by atoms with van der Waals surface area (Å²) in [5, 5.41) is 3.17. The molecule has 1 aliphatic heterocycles. The molecule has 1 aliphatic rings. The maximum absolute atomic E-state index is 5.80. The summed E-state index contributed by atoms with van der Waals surface area (Å²) in [4.78, 5) is 10.8. The molecule has 1 fully saturated rings. The highest BCUT2D eigenvalue weighted by Gasteiger charge is 2.13. The quantitative estimate of drug-likeness (QED) is 0.690. The molecular weight excluding hydrogens is 274 g/mol. The number of hydrogen-bond donors (Lipinski definition) is 2. The largest absolute Gasteiger partial charge is 0.479 e. The molecule has 0 radical (unpaired) electrons. The Bertz CT molecular complexity index is 426. The molecule has 8 nitrogen and oxygen atoms in total. The molecule has 1 aromatic rings. The number of morpholine rings is 1. The van der Waals surface area contributed by atoms with Gasteiger partial charge in [0.15, 0.2) is 5.69 Å². The molecule has 118 valence electrons. The van der Waals surface area contributed by atoms with Gasteiger partial charge in [0.25, 0.3) is 0 Å². The first kappa shape index (κ1) is 15.6. The van der Waals surface area contributed by atoms with Crippen LogP contribution >= 0.6 is 0 Å². The SMILES string of the molecule is COc1nc(NCCCN2CCOCC2)nc(OC)c1N. The molecule has 3 N–H and O–H groups in total. The molecule has 0 aliphatic carbocycles. The van der Waals surface area contributed by atoms with E-state index in [1.165, 1.54) is 14.2 Å². The van der Waals surface area contributed by atoms with Crippen molar-refractivity contribution in [1.29, 1.82) is 0 Å². The lowest BCUT2D eigenvalue weighted by molar-refractivity contribution is 0.0378. The maximum atomic E-state index is 5.80. The Labute approximate surface area is 124 Å². The number of nitrogens with one attached hydrogen (secondary N) is 1. The Morgan fingerprint density at radius 1 is 1.19 bits per heavy atom. The van der Waals surface area contributed by atoms with Crippen molar-refractivity contribution in [2.24, 2.45) is 0 Å². The van der Waals surface area contributed by atoms with Gasteiger partial charge in [0.05, 0.1) is 27.4 Å². The standard InChI is InChI=1S/C13H23N5O3/c1-19-11-10(14)12(20-2)17-13(16-11)15-4-3-5-18-6-8-21-9-7-18/h3-9,14H2,1-2H3,(H,15,16,17). The van der Waals surface area contributed by atoms with E-state index in [0.717, 1.165) is 45.8 Å². The van der Waals surface area contributed by atoms with Gasteiger partial charge in [0.1, 0.15) is 0 Å². The van der Waals surface area contributed by atoms with Crippen LogP contribution in [0.1, 0.15) is 6.42 Å². The molecule has 0 saturated carbocycles. The van der Waals surface area contributed by atoms with Crippen LogP contribution in [0.5, 0.6) is 11.8 Å². The summed E-state index contributed by atoms with van der Waals surface area (Å²) in [6, 6.07) is 0. The minimum atomic E-state index is 0.305. The second-order valence-corrected chi connectivity index (χ2v) is 4.71. The first-order chi connectivity index (χ1) is 10.2. The van der Waals surface area contributed by atoms with Gasteiger partial charge >= 0.3 is 0 Å². The second-order valence-electron chi connectivity index (χ2n) is 4.71. The van der Waals surface area contributed by atoms with Crippen molar-refractivity contribution in [3.63, 3.8) is 0 Å². The number of methoxy groups -OCH3 is 2. The van der Waals surface area contributed by atoms with Crippen molar-refractivity contribution in [3.8, 4) is 11.8 Å². The molecule has 8 heteroatoms. The molecule has 0 aromatic carbocycles. The topological polar surface area (TPSA) is 94.8 Å². The van der Waals surface area contributed by atoms with E-state index in [1.54, 1.807) is 0 Å². The van der Waals surface area contributed by atoms with Gasteiger partial charge in [-0.3, -0.25) is 4.90 Å². The van der Waals surface area contributed by atoms with Crippen molar-refractivity contribution in [2.75, 3.05) is 64.7 Å². The van der Waals surface area contributed by atoms with Crippen molar-refractivity contribution >= 4 is 11.6 Å². The number of ether oxygens (including phenoxy) is 3. The van der Waals surface area contributed by atoms with Crippen LogP contribution in [0.3, 0.4) is 0 Å². The average Bonchev–Trinajstić information content (AvgIpc) is 2.53. The zero-order valence-corrected chi connectivity index (χ0v) is 12.6. The molecule has 0 atom stereocenters. The summed E-state index contributed by atoms with van der Waals surface area (Å²) in [6.45, 7) is 5.44. The Balaban J connectivity index is 1.82. The highest BCUT2D eigenvalue weighted by Crippen LogP contribution is 2.28. The van der Waals surface area contributed by atoms with Gasteiger partial charge in [-0.25, -0.2) is 0 Å². The highest BCUT2D eigenvalue weighted by molar-refractivity contribution is 5.58. The number of anilines is 2. The summed E-state index contributed by atoms with van der Waals surface area (Å²) < 4.78 is 15.5. The van der Waals surface area contributed by atoms with Gasteiger partial charge in [0, 0.05) is 19.6 Å². The summed E-state index contributed by atoms with van der Waals surface area (Å²) in [7, 11) is 3.03. The summed E-state index contributed by atoms with van der Waals surface area (Å²) in [5.74, 6) is 1.09. The first-order valence-electron chi connectivity index (χ1n) is 7.04. The van der Waals surface area contributed by atoms with Crippen LogP contribution in [0.4, 0.5) is 11.6 Å². The summed E-state index contributed by atoms with van der Waals surface area (Å²) in [6.07, 6.45) is 0.998. The van der Waals surface area contributed by atoms with Gasteiger partial charge in [-0.05, 0) is 13.0 Å². The van der Waals surface area contributed by atoms with E-state index in [9.17, 15) is 0 Å². The van der Waals surface area contributed by atoms with Gasteiger partial charge in [0.2, 0.25) is 17.7 Å². The molecule has 0 amide bonds. The molecule has 1 saturated heterocycles. The van der Waals surface area contributed by atoms with Crippen molar-refractivity contribution in [2.45, 2.75) is 6.42 Å². The second kappa shape index (κ2) is 7.84. The van der Waals surface area contributed by atoms with Crippen molar-refractivity contribution in [3.05, 3.63) is 0 Å². The van der Waals surface area contributed by atoms with E-state index in [0.29, 0.717) is 23.4 Å². The fourth-order valence-corrected chi connectivity index (χ4v) is 2.15. The number of rotatable bonds is 7. The Kier molecular flexibility index (Phi) is 5.82. The summed E-state index contributed by atoms with van der Waals surface area (Å²) in [5.41, 5.74) is 6.11. The molecule has 2 heterocycles. The maximum Gasteiger partial charge on any atom is 0.245 e. The van der Waals surface area contributed by atoms with E-state index in [1.807, 2.05) is 0 Å². The number of aromatic nitrogens is 2. The van der Waals surface area contributed by atoms with Gasteiger partial charge in [-0.2, -0.15) is 9.97 Å². The van der Waals surface area contributed by atoms with Crippen LogP contribution in [0.2, 0.25) is 0 Å². The predicted octanol–water partition coefficient (Wildman–Crippen LogP) is 0.210. The Morgan fingerprint density at radius 3 is 2.38 bits per heavy atom. The zero-order chi connectivity index (χ0) is 15.1. The number of hydrogen-bond acceptors (Lipinski definition) is 8. The molecular formula is C13H23N5O3. The van der Waals surface area contributed by atoms with Crippen LogP contribution in [0.25, 0.3) is 0 Å². The predicted molar refractivity (Wildman–Crippen MR) is 79.9 cm³/mol.